The number of nitrogens with zero attached hydrogens (tertiary/aromatic N) is 2. The molecule has 0 saturated carbocycles. The minimum absolute atomic E-state index is 0.0499. The minimum Gasteiger partial charge on any atom is -0.370 e. The number of rotatable bonds is 16. The molecular formula is C32H42N10O3. The van der Waals surface area contributed by atoms with Crippen LogP contribution in [0.15, 0.2) is 94.9 Å². The van der Waals surface area contributed by atoms with Gasteiger partial charge in [0.05, 0.1) is 12.6 Å². The van der Waals surface area contributed by atoms with E-state index in [2.05, 4.69) is 25.9 Å². The van der Waals surface area contributed by atoms with Crippen LogP contribution in [0, 0.1) is 0 Å². The molecule has 13 N–H and O–H groups in total. The molecule has 0 radical (unpaired) electrons. The smallest absolute Gasteiger partial charge is 0.244 e. The summed E-state index contributed by atoms with van der Waals surface area (Å²) in [6.45, 7) is 0.341. The fourth-order valence-corrected chi connectivity index (χ4v) is 4.41. The van der Waals surface area contributed by atoms with E-state index in [0.29, 0.717) is 13.0 Å². The first-order valence-corrected chi connectivity index (χ1v) is 14.6. The summed E-state index contributed by atoms with van der Waals surface area (Å²) < 4.78 is 0. The Kier molecular flexibility index (Phi) is 13.3. The molecule has 0 unspecified atom stereocenters. The second kappa shape index (κ2) is 17.6. The molecule has 0 spiro atoms. The number of carbonyl (C=O) groups is 3. The zero-order valence-electron chi connectivity index (χ0n) is 25.1. The van der Waals surface area contributed by atoms with Gasteiger partial charge in [-0.2, -0.15) is 0 Å². The van der Waals surface area contributed by atoms with E-state index < -0.39 is 35.8 Å². The van der Waals surface area contributed by atoms with Gasteiger partial charge in [0.15, 0.2) is 11.9 Å². The first-order valence-electron chi connectivity index (χ1n) is 14.6. The van der Waals surface area contributed by atoms with Crippen molar-refractivity contribution in [1.29, 1.82) is 0 Å². The molecule has 0 fully saturated rings. The second-order valence-electron chi connectivity index (χ2n) is 10.4. The molecule has 238 valence electrons. The Morgan fingerprint density at radius 3 is 1.84 bits per heavy atom. The van der Waals surface area contributed by atoms with Crippen LogP contribution in [0.3, 0.4) is 0 Å². The van der Waals surface area contributed by atoms with E-state index in [4.69, 9.17) is 28.7 Å². The largest absolute Gasteiger partial charge is 0.370 e. The van der Waals surface area contributed by atoms with Crippen molar-refractivity contribution >= 4 is 29.6 Å². The highest BCUT2D eigenvalue weighted by atomic mass is 16.2. The Labute approximate surface area is 262 Å². The molecule has 13 heteroatoms. The van der Waals surface area contributed by atoms with Crippen LogP contribution in [0.1, 0.15) is 24.0 Å². The van der Waals surface area contributed by atoms with Gasteiger partial charge in [-0.15, -0.1) is 0 Å². The highest BCUT2D eigenvalue weighted by Gasteiger charge is 2.28. The molecule has 3 rings (SSSR count). The molecule has 3 amide bonds. The molecule has 0 bridgehead atoms. The maximum absolute atomic E-state index is 13.7. The van der Waals surface area contributed by atoms with E-state index in [9.17, 15) is 14.4 Å². The van der Waals surface area contributed by atoms with Crippen molar-refractivity contribution in [2.75, 3.05) is 13.1 Å². The van der Waals surface area contributed by atoms with E-state index in [-0.39, 0.29) is 37.9 Å². The number of nitrogens with one attached hydrogen (secondary N) is 3. The topological polar surface area (TPSA) is 242 Å². The monoisotopic (exact) mass is 614 g/mol. The van der Waals surface area contributed by atoms with Crippen molar-refractivity contribution in [3.8, 4) is 11.1 Å². The van der Waals surface area contributed by atoms with Gasteiger partial charge >= 0.3 is 0 Å². The van der Waals surface area contributed by atoms with Crippen molar-refractivity contribution in [3.05, 3.63) is 96.1 Å². The van der Waals surface area contributed by atoms with Crippen LogP contribution in [0.2, 0.25) is 0 Å². The van der Waals surface area contributed by atoms with Gasteiger partial charge in [0.2, 0.25) is 17.7 Å². The quantitative estimate of drug-likeness (QED) is 0.0610. The van der Waals surface area contributed by atoms with E-state index in [1.807, 2.05) is 84.9 Å². The number of carbonyl (C=O) groups excluding carboxylic acids is 3. The molecular weight excluding hydrogens is 572 g/mol. The van der Waals surface area contributed by atoms with Crippen LogP contribution in [0.5, 0.6) is 0 Å². The fraction of sp³-hybridized carbons (Fsp3) is 0.281. The highest BCUT2D eigenvalue weighted by Crippen LogP contribution is 2.20. The normalized spacial score (nSPS) is 12.6. The maximum atomic E-state index is 13.7. The summed E-state index contributed by atoms with van der Waals surface area (Å²) in [4.78, 5) is 47.7. The number of amides is 3. The summed E-state index contributed by atoms with van der Waals surface area (Å²) in [6, 6.07) is 23.7. The first-order chi connectivity index (χ1) is 21.6. The third-order valence-electron chi connectivity index (χ3n) is 6.84. The average Bonchev–Trinajstić information content (AvgIpc) is 3.04. The van der Waals surface area contributed by atoms with Gasteiger partial charge in [0.1, 0.15) is 12.1 Å². The summed E-state index contributed by atoms with van der Waals surface area (Å²) in [5.74, 6) is -1.92. The molecule has 3 aromatic rings. The third-order valence-corrected chi connectivity index (χ3v) is 6.84. The standard InChI is InChI=1S/C32H42N10O3/c33-25(12-7-17-38-31(34)35)28(43)41-26(18-21-13-15-24(16-14-21)23-10-5-2-6-11-23)30(45)42-27(20-40-32(36)37)29(44)39-19-22-8-3-1-4-9-22/h1-6,8-11,13-16,25-27H,7,12,17-20,33H2,(H,39,44)(H,41,43)(H,42,45)(H4,34,35,38)(H4,36,37,40)/t25-,26-,27-/m0/s1. The lowest BCUT2D eigenvalue weighted by Crippen LogP contribution is -2.57. The van der Waals surface area contributed by atoms with Gasteiger partial charge in [-0.05, 0) is 35.1 Å². The predicted octanol–water partition coefficient (Wildman–Crippen LogP) is -0.164. The minimum atomic E-state index is -1.11. The lowest BCUT2D eigenvalue weighted by atomic mass is 9.99. The summed E-state index contributed by atoms with van der Waals surface area (Å²) in [5, 5.41) is 8.25. The summed E-state index contributed by atoms with van der Waals surface area (Å²) in [6.07, 6.45) is 0.887. The van der Waals surface area contributed by atoms with Crippen molar-refractivity contribution in [2.45, 2.75) is 43.9 Å². The second-order valence-corrected chi connectivity index (χ2v) is 10.4. The Hall–Kier alpha value is -5.43. The molecule has 0 saturated heterocycles. The lowest BCUT2D eigenvalue weighted by Gasteiger charge is -2.24. The van der Waals surface area contributed by atoms with Crippen LogP contribution in [0.25, 0.3) is 11.1 Å². The Morgan fingerprint density at radius 1 is 0.644 bits per heavy atom. The molecule has 0 aliphatic rings. The van der Waals surface area contributed by atoms with Crippen molar-refractivity contribution in [3.63, 3.8) is 0 Å². The average molecular weight is 615 g/mol. The fourth-order valence-electron chi connectivity index (χ4n) is 4.41. The molecule has 0 aromatic heterocycles. The molecule has 0 heterocycles. The summed E-state index contributed by atoms with van der Waals surface area (Å²) in [7, 11) is 0. The molecule has 3 atom stereocenters. The van der Waals surface area contributed by atoms with Gasteiger partial charge in [-0.25, -0.2) is 0 Å². The number of hydrogen-bond acceptors (Lipinski definition) is 6. The summed E-state index contributed by atoms with van der Waals surface area (Å²) in [5.41, 5.74) is 31.5. The van der Waals surface area contributed by atoms with Crippen LogP contribution >= 0.6 is 0 Å². The SMILES string of the molecule is NC(N)=NCCC[C@H](N)C(=O)N[C@@H](Cc1ccc(-c2ccccc2)cc1)C(=O)N[C@@H](CN=C(N)N)C(=O)NCc1ccccc1. The van der Waals surface area contributed by atoms with E-state index in [1.54, 1.807) is 0 Å². The van der Waals surface area contributed by atoms with Crippen LogP contribution in [-0.2, 0) is 27.3 Å². The zero-order chi connectivity index (χ0) is 32.6. The van der Waals surface area contributed by atoms with E-state index in [0.717, 1.165) is 22.3 Å². The van der Waals surface area contributed by atoms with Crippen LogP contribution in [-0.4, -0.2) is 60.9 Å². The Balaban J connectivity index is 1.77. The van der Waals surface area contributed by atoms with Gasteiger partial charge in [-0.3, -0.25) is 24.4 Å². The van der Waals surface area contributed by atoms with Crippen molar-refractivity contribution < 1.29 is 14.4 Å². The Morgan fingerprint density at radius 2 is 1.22 bits per heavy atom. The third kappa shape index (κ3) is 12.0. The van der Waals surface area contributed by atoms with E-state index >= 15 is 0 Å². The Bertz CT molecular complexity index is 1440. The van der Waals surface area contributed by atoms with Gasteiger partial charge in [0, 0.05) is 19.5 Å². The number of aliphatic imine (C=N–C) groups is 2. The number of hydrogen-bond donors (Lipinski definition) is 8. The van der Waals surface area contributed by atoms with Crippen molar-refractivity contribution in [1.82, 2.24) is 16.0 Å². The highest BCUT2D eigenvalue weighted by molar-refractivity contribution is 5.93. The predicted molar refractivity (Wildman–Crippen MR) is 176 cm³/mol. The molecule has 3 aromatic carbocycles. The van der Waals surface area contributed by atoms with Gasteiger partial charge in [-0.1, -0.05) is 84.9 Å². The number of nitrogens with two attached hydrogens (primary N) is 5. The van der Waals surface area contributed by atoms with Crippen LogP contribution < -0.4 is 44.6 Å². The zero-order valence-corrected chi connectivity index (χ0v) is 25.1. The van der Waals surface area contributed by atoms with Crippen LogP contribution in [0.4, 0.5) is 0 Å². The lowest BCUT2D eigenvalue weighted by molar-refractivity contribution is -0.132. The van der Waals surface area contributed by atoms with E-state index in [1.165, 1.54) is 0 Å². The van der Waals surface area contributed by atoms with Crippen molar-refractivity contribution in [2.24, 2.45) is 38.7 Å². The number of guanidine groups is 2. The van der Waals surface area contributed by atoms with Gasteiger partial charge < -0.3 is 44.6 Å². The molecule has 13 nitrogen and oxygen atoms in total. The molecule has 0 aliphatic heterocycles. The molecule has 0 aliphatic carbocycles. The maximum Gasteiger partial charge on any atom is 0.244 e. The van der Waals surface area contributed by atoms with Gasteiger partial charge in [0.25, 0.3) is 0 Å². The first kappa shape index (κ1) is 34.1. The number of benzene rings is 3. The summed E-state index contributed by atoms with van der Waals surface area (Å²) >= 11 is 0. The molecule has 45 heavy (non-hydrogen) atoms.